The second-order valence-corrected chi connectivity index (χ2v) is 4.46. The van der Waals surface area contributed by atoms with Gasteiger partial charge in [0.05, 0.1) is 0 Å². The zero-order chi connectivity index (χ0) is 10.1. The Morgan fingerprint density at radius 3 is 2.31 bits per heavy atom. The van der Waals surface area contributed by atoms with Gasteiger partial charge in [-0.1, -0.05) is 19.8 Å². The Hall–Kier alpha value is 0.250. The van der Waals surface area contributed by atoms with Crippen LogP contribution in [-0.4, -0.2) is 31.4 Å². The van der Waals surface area contributed by atoms with Crippen LogP contribution in [0.4, 0.5) is 0 Å². The van der Waals surface area contributed by atoms with E-state index in [4.69, 9.17) is 11.6 Å². The fraction of sp³-hybridized carbons (Fsp3) is 1.00. The minimum atomic E-state index is 0.826. The predicted molar refractivity (Wildman–Crippen MR) is 61.5 cm³/mol. The number of hydrogen-bond acceptors (Lipinski definition) is 1. The summed E-state index contributed by atoms with van der Waals surface area (Å²) in [6.07, 6.45) is 6.50. The van der Waals surface area contributed by atoms with Gasteiger partial charge in [-0.15, -0.1) is 11.6 Å². The fourth-order valence-electron chi connectivity index (χ4n) is 1.69. The topological polar surface area (TPSA) is 3.24 Å². The van der Waals surface area contributed by atoms with Crippen molar-refractivity contribution in [1.29, 1.82) is 0 Å². The van der Waals surface area contributed by atoms with E-state index in [0.717, 1.165) is 11.8 Å². The van der Waals surface area contributed by atoms with Gasteiger partial charge in [-0.05, 0) is 45.8 Å². The van der Waals surface area contributed by atoms with E-state index in [9.17, 15) is 0 Å². The Morgan fingerprint density at radius 1 is 1.15 bits per heavy atom. The summed E-state index contributed by atoms with van der Waals surface area (Å²) in [6.45, 7) is 3.47. The number of nitrogens with zero attached hydrogens (tertiary/aromatic N) is 1. The summed E-state index contributed by atoms with van der Waals surface area (Å²) in [5.41, 5.74) is 0. The van der Waals surface area contributed by atoms with Crippen LogP contribution in [0.1, 0.15) is 39.0 Å². The van der Waals surface area contributed by atoms with Gasteiger partial charge in [-0.25, -0.2) is 0 Å². The van der Waals surface area contributed by atoms with Crippen molar-refractivity contribution in [2.45, 2.75) is 39.0 Å². The van der Waals surface area contributed by atoms with Gasteiger partial charge in [0, 0.05) is 5.88 Å². The lowest BCUT2D eigenvalue weighted by Gasteiger charge is -2.16. The van der Waals surface area contributed by atoms with Crippen molar-refractivity contribution in [1.82, 2.24) is 4.90 Å². The molecular weight excluding hydrogens is 182 g/mol. The van der Waals surface area contributed by atoms with Gasteiger partial charge in [0.1, 0.15) is 0 Å². The molecule has 0 aliphatic rings. The fourth-order valence-corrected chi connectivity index (χ4v) is 2.00. The first-order valence-corrected chi connectivity index (χ1v) is 5.94. The molecule has 13 heavy (non-hydrogen) atoms. The van der Waals surface area contributed by atoms with Crippen LogP contribution in [0, 0.1) is 5.92 Å². The standard InChI is InChI=1S/C11H24ClN/c1-4-6-11(8-9-12)7-5-10-13(2)3/h11H,4-10H2,1-3H3. The summed E-state index contributed by atoms with van der Waals surface area (Å²) in [5, 5.41) is 0. The van der Waals surface area contributed by atoms with Crippen LogP contribution in [-0.2, 0) is 0 Å². The van der Waals surface area contributed by atoms with Crippen LogP contribution < -0.4 is 0 Å². The lowest BCUT2D eigenvalue weighted by molar-refractivity contribution is 0.351. The average Bonchev–Trinajstić information content (AvgIpc) is 2.04. The van der Waals surface area contributed by atoms with Crippen LogP contribution in [0.2, 0.25) is 0 Å². The van der Waals surface area contributed by atoms with Gasteiger partial charge in [-0.3, -0.25) is 0 Å². The Bertz CT molecular complexity index is 98.3. The Balaban J connectivity index is 3.44. The SMILES string of the molecule is CCCC(CCCl)CCCN(C)C. The Labute approximate surface area is 88.5 Å². The van der Waals surface area contributed by atoms with Crippen molar-refractivity contribution >= 4 is 11.6 Å². The molecule has 0 saturated heterocycles. The summed E-state index contributed by atoms with van der Waals surface area (Å²) in [6, 6.07) is 0. The van der Waals surface area contributed by atoms with Crippen LogP contribution in [0.5, 0.6) is 0 Å². The van der Waals surface area contributed by atoms with Gasteiger partial charge in [-0.2, -0.15) is 0 Å². The molecule has 1 nitrogen and oxygen atoms in total. The first-order chi connectivity index (χ1) is 6.20. The van der Waals surface area contributed by atoms with Gasteiger partial charge in [0.25, 0.3) is 0 Å². The third-order valence-corrected chi connectivity index (χ3v) is 2.65. The number of hydrogen-bond donors (Lipinski definition) is 0. The van der Waals surface area contributed by atoms with E-state index in [-0.39, 0.29) is 0 Å². The summed E-state index contributed by atoms with van der Waals surface area (Å²) < 4.78 is 0. The predicted octanol–water partition coefficient (Wildman–Crippen LogP) is 3.37. The molecule has 80 valence electrons. The molecule has 1 atom stereocenters. The highest BCUT2D eigenvalue weighted by molar-refractivity contribution is 6.17. The summed E-state index contributed by atoms with van der Waals surface area (Å²) >= 11 is 5.76. The largest absolute Gasteiger partial charge is 0.309 e. The first kappa shape index (κ1) is 13.2. The minimum Gasteiger partial charge on any atom is -0.309 e. The first-order valence-electron chi connectivity index (χ1n) is 5.41. The second kappa shape index (κ2) is 8.83. The van der Waals surface area contributed by atoms with E-state index in [1.54, 1.807) is 0 Å². The molecule has 0 aromatic carbocycles. The molecule has 0 radical (unpaired) electrons. The number of rotatable bonds is 8. The van der Waals surface area contributed by atoms with E-state index in [0.29, 0.717) is 0 Å². The third kappa shape index (κ3) is 8.58. The molecule has 0 aromatic heterocycles. The highest BCUT2D eigenvalue weighted by atomic mass is 35.5. The van der Waals surface area contributed by atoms with Crippen molar-refractivity contribution in [3.8, 4) is 0 Å². The molecule has 0 fully saturated rings. The molecule has 0 spiro atoms. The van der Waals surface area contributed by atoms with Crippen molar-refractivity contribution in [2.24, 2.45) is 5.92 Å². The maximum Gasteiger partial charge on any atom is 0.0226 e. The molecule has 0 rings (SSSR count). The van der Waals surface area contributed by atoms with Crippen molar-refractivity contribution in [2.75, 3.05) is 26.5 Å². The molecule has 2 heteroatoms. The lowest BCUT2D eigenvalue weighted by atomic mass is 9.95. The highest BCUT2D eigenvalue weighted by Gasteiger charge is 2.06. The van der Waals surface area contributed by atoms with E-state index >= 15 is 0 Å². The van der Waals surface area contributed by atoms with E-state index < -0.39 is 0 Å². The smallest absolute Gasteiger partial charge is 0.0226 e. The van der Waals surface area contributed by atoms with Gasteiger partial charge >= 0.3 is 0 Å². The van der Waals surface area contributed by atoms with Crippen LogP contribution >= 0.6 is 11.6 Å². The highest BCUT2D eigenvalue weighted by Crippen LogP contribution is 2.18. The van der Waals surface area contributed by atoms with Gasteiger partial charge in [0.15, 0.2) is 0 Å². The normalized spacial score (nSPS) is 13.6. The molecule has 0 bridgehead atoms. The minimum absolute atomic E-state index is 0.826. The molecule has 0 aliphatic carbocycles. The second-order valence-electron chi connectivity index (χ2n) is 4.08. The summed E-state index contributed by atoms with van der Waals surface area (Å²) in [7, 11) is 4.27. The summed E-state index contributed by atoms with van der Waals surface area (Å²) in [5.74, 6) is 1.69. The van der Waals surface area contributed by atoms with E-state index in [1.165, 1.54) is 38.6 Å². The molecule has 1 unspecified atom stereocenters. The van der Waals surface area contributed by atoms with Gasteiger partial charge < -0.3 is 4.90 Å². The maximum absolute atomic E-state index is 5.76. The molecule has 0 aliphatic heterocycles. The van der Waals surface area contributed by atoms with E-state index in [2.05, 4.69) is 25.9 Å². The third-order valence-electron chi connectivity index (χ3n) is 2.43. The monoisotopic (exact) mass is 205 g/mol. The van der Waals surface area contributed by atoms with Crippen molar-refractivity contribution in [3.05, 3.63) is 0 Å². The van der Waals surface area contributed by atoms with Crippen LogP contribution in [0.3, 0.4) is 0 Å². The lowest BCUT2D eigenvalue weighted by Crippen LogP contribution is -2.14. The van der Waals surface area contributed by atoms with Gasteiger partial charge in [0.2, 0.25) is 0 Å². The Morgan fingerprint density at radius 2 is 1.85 bits per heavy atom. The number of halogens is 1. The molecule has 0 heterocycles. The Kier molecular flexibility index (Phi) is 9.00. The van der Waals surface area contributed by atoms with E-state index in [1.807, 2.05) is 0 Å². The molecule has 0 saturated carbocycles. The number of alkyl halides is 1. The molecular formula is C11H24ClN. The van der Waals surface area contributed by atoms with Crippen LogP contribution in [0.15, 0.2) is 0 Å². The van der Waals surface area contributed by atoms with Crippen LogP contribution in [0.25, 0.3) is 0 Å². The average molecular weight is 206 g/mol. The molecule has 0 N–H and O–H groups in total. The zero-order valence-corrected chi connectivity index (χ0v) is 10.1. The molecule has 0 aromatic rings. The van der Waals surface area contributed by atoms with Crippen molar-refractivity contribution < 1.29 is 0 Å². The quantitative estimate of drug-likeness (QED) is 0.550. The maximum atomic E-state index is 5.76. The molecule has 0 amide bonds. The zero-order valence-electron chi connectivity index (χ0n) is 9.35. The van der Waals surface area contributed by atoms with Crippen molar-refractivity contribution in [3.63, 3.8) is 0 Å². The summed E-state index contributed by atoms with van der Waals surface area (Å²) in [4.78, 5) is 2.25.